The summed E-state index contributed by atoms with van der Waals surface area (Å²) in [6.07, 6.45) is 0. The van der Waals surface area contributed by atoms with E-state index in [0.29, 0.717) is 24.5 Å². The SMILES string of the molecule is CCOc1nc(NC)nc(NC(C)c2ccc(Br)cc2)n1. The predicted octanol–water partition coefficient (Wildman–Crippen LogP) is 3.25. The van der Waals surface area contributed by atoms with Crippen molar-refractivity contribution in [3.63, 3.8) is 0 Å². The number of anilines is 2. The van der Waals surface area contributed by atoms with E-state index in [1.165, 1.54) is 0 Å². The predicted molar refractivity (Wildman–Crippen MR) is 86.7 cm³/mol. The fraction of sp³-hybridized carbons (Fsp3) is 0.357. The van der Waals surface area contributed by atoms with Gasteiger partial charge in [-0.1, -0.05) is 28.1 Å². The second-order valence-corrected chi connectivity index (χ2v) is 5.28. The average Bonchev–Trinajstić information content (AvgIpc) is 2.48. The van der Waals surface area contributed by atoms with Crippen molar-refractivity contribution in [2.24, 2.45) is 0 Å². The molecule has 112 valence electrons. The second kappa shape index (κ2) is 7.21. The van der Waals surface area contributed by atoms with Crippen molar-refractivity contribution >= 4 is 27.8 Å². The van der Waals surface area contributed by atoms with Crippen molar-refractivity contribution in [2.75, 3.05) is 24.3 Å². The van der Waals surface area contributed by atoms with Crippen molar-refractivity contribution in [2.45, 2.75) is 19.9 Å². The molecule has 1 atom stereocenters. The molecule has 0 fully saturated rings. The van der Waals surface area contributed by atoms with Crippen LogP contribution in [0.3, 0.4) is 0 Å². The van der Waals surface area contributed by atoms with Gasteiger partial charge in [-0.15, -0.1) is 0 Å². The van der Waals surface area contributed by atoms with Crippen LogP contribution in [0.2, 0.25) is 0 Å². The molecule has 1 unspecified atom stereocenters. The molecular formula is C14H18BrN5O. The summed E-state index contributed by atoms with van der Waals surface area (Å²) in [5.41, 5.74) is 1.14. The molecule has 0 bridgehead atoms. The summed E-state index contributed by atoms with van der Waals surface area (Å²) in [6.45, 7) is 4.45. The molecule has 0 spiro atoms. The third-order valence-corrected chi connectivity index (χ3v) is 3.36. The van der Waals surface area contributed by atoms with Crippen LogP contribution in [0.1, 0.15) is 25.5 Å². The van der Waals surface area contributed by atoms with Gasteiger partial charge in [0.1, 0.15) is 0 Å². The van der Waals surface area contributed by atoms with Gasteiger partial charge in [0.2, 0.25) is 11.9 Å². The first-order chi connectivity index (χ1) is 10.1. The molecule has 0 aliphatic rings. The Bertz CT molecular complexity index is 590. The number of benzene rings is 1. The van der Waals surface area contributed by atoms with Crippen LogP contribution in [0, 0.1) is 0 Å². The number of hydrogen-bond donors (Lipinski definition) is 2. The molecule has 0 aliphatic heterocycles. The molecule has 0 saturated heterocycles. The number of hydrogen-bond acceptors (Lipinski definition) is 6. The number of rotatable bonds is 6. The largest absolute Gasteiger partial charge is 0.464 e. The summed E-state index contributed by atoms with van der Waals surface area (Å²) < 4.78 is 6.39. The lowest BCUT2D eigenvalue weighted by molar-refractivity contribution is 0.312. The van der Waals surface area contributed by atoms with Gasteiger partial charge in [-0.25, -0.2) is 0 Å². The van der Waals surface area contributed by atoms with Gasteiger partial charge in [0.25, 0.3) is 0 Å². The monoisotopic (exact) mass is 351 g/mol. The van der Waals surface area contributed by atoms with E-state index >= 15 is 0 Å². The van der Waals surface area contributed by atoms with Crippen LogP contribution < -0.4 is 15.4 Å². The zero-order chi connectivity index (χ0) is 15.2. The summed E-state index contributed by atoms with van der Waals surface area (Å²) in [5, 5.41) is 6.15. The summed E-state index contributed by atoms with van der Waals surface area (Å²) in [6, 6.07) is 8.48. The van der Waals surface area contributed by atoms with E-state index in [4.69, 9.17) is 4.74 Å². The summed E-state index contributed by atoms with van der Waals surface area (Å²) in [4.78, 5) is 12.7. The van der Waals surface area contributed by atoms with Crippen molar-refractivity contribution in [1.82, 2.24) is 15.0 Å². The Kier molecular flexibility index (Phi) is 5.32. The first-order valence-corrected chi connectivity index (χ1v) is 7.50. The highest BCUT2D eigenvalue weighted by Crippen LogP contribution is 2.20. The van der Waals surface area contributed by atoms with Gasteiger partial charge in [0, 0.05) is 11.5 Å². The fourth-order valence-corrected chi connectivity index (χ4v) is 2.02. The van der Waals surface area contributed by atoms with Crippen LogP contribution in [0.25, 0.3) is 0 Å². The third-order valence-electron chi connectivity index (χ3n) is 2.83. The fourth-order valence-electron chi connectivity index (χ4n) is 1.75. The maximum atomic E-state index is 5.34. The molecule has 2 N–H and O–H groups in total. The molecular weight excluding hydrogens is 334 g/mol. The van der Waals surface area contributed by atoms with Crippen LogP contribution in [-0.4, -0.2) is 28.6 Å². The molecule has 0 radical (unpaired) electrons. The Labute approximate surface area is 132 Å². The Hall–Kier alpha value is -1.89. The van der Waals surface area contributed by atoms with E-state index in [2.05, 4.69) is 41.5 Å². The van der Waals surface area contributed by atoms with E-state index in [-0.39, 0.29) is 6.04 Å². The van der Waals surface area contributed by atoms with E-state index in [0.717, 1.165) is 10.0 Å². The molecule has 1 aromatic heterocycles. The number of ether oxygens (including phenoxy) is 1. The number of nitrogens with one attached hydrogen (secondary N) is 2. The number of aromatic nitrogens is 3. The molecule has 6 nitrogen and oxygen atoms in total. The summed E-state index contributed by atoms with van der Waals surface area (Å²) in [7, 11) is 1.76. The maximum Gasteiger partial charge on any atom is 0.323 e. The minimum absolute atomic E-state index is 0.0692. The van der Waals surface area contributed by atoms with Gasteiger partial charge in [0.05, 0.1) is 12.6 Å². The smallest absolute Gasteiger partial charge is 0.323 e. The van der Waals surface area contributed by atoms with Gasteiger partial charge in [0.15, 0.2) is 0 Å². The van der Waals surface area contributed by atoms with Gasteiger partial charge in [-0.05, 0) is 31.5 Å². The standard InChI is InChI=1S/C14H18BrN5O/c1-4-21-14-19-12(16-3)18-13(20-14)17-9(2)10-5-7-11(15)8-6-10/h5-9H,4H2,1-3H3,(H2,16,17,18,19,20). The molecule has 0 aliphatic carbocycles. The molecule has 0 amide bonds. The first kappa shape index (κ1) is 15.5. The van der Waals surface area contributed by atoms with Gasteiger partial charge >= 0.3 is 6.01 Å². The average molecular weight is 352 g/mol. The molecule has 7 heteroatoms. The molecule has 1 aromatic carbocycles. The van der Waals surface area contributed by atoms with Crippen molar-refractivity contribution < 1.29 is 4.74 Å². The van der Waals surface area contributed by atoms with Crippen LogP contribution in [0.5, 0.6) is 6.01 Å². The normalized spacial score (nSPS) is 11.8. The lowest BCUT2D eigenvalue weighted by Gasteiger charge is -2.15. The molecule has 2 aromatic rings. The molecule has 21 heavy (non-hydrogen) atoms. The lowest BCUT2D eigenvalue weighted by atomic mass is 10.1. The Morgan fingerprint density at radius 3 is 2.43 bits per heavy atom. The third kappa shape index (κ3) is 4.29. The number of halogens is 1. The minimum Gasteiger partial charge on any atom is -0.464 e. The zero-order valence-corrected chi connectivity index (χ0v) is 13.8. The van der Waals surface area contributed by atoms with Crippen molar-refractivity contribution in [3.05, 3.63) is 34.3 Å². The van der Waals surface area contributed by atoms with Gasteiger partial charge in [-0.2, -0.15) is 15.0 Å². The van der Waals surface area contributed by atoms with Crippen LogP contribution in [0.4, 0.5) is 11.9 Å². The maximum absolute atomic E-state index is 5.34. The quantitative estimate of drug-likeness (QED) is 0.832. The Morgan fingerprint density at radius 1 is 1.14 bits per heavy atom. The second-order valence-electron chi connectivity index (χ2n) is 4.37. The highest BCUT2D eigenvalue weighted by atomic mass is 79.9. The first-order valence-electron chi connectivity index (χ1n) is 6.71. The van der Waals surface area contributed by atoms with Crippen LogP contribution in [0.15, 0.2) is 28.7 Å². The topological polar surface area (TPSA) is 72.0 Å². The van der Waals surface area contributed by atoms with E-state index in [1.807, 2.05) is 38.1 Å². The molecule has 2 rings (SSSR count). The van der Waals surface area contributed by atoms with Crippen molar-refractivity contribution in [3.8, 4) is 6.01 Å². The van der Waals surface area contributed by atoms with Crippen LogP contribution >= 0.6 is 15.9 Å². The molecule has 0 saturated carbocycles. The van der Waals surface area contributed by atoms with E-state index < -0.39 is 0 Å². The summed E-state index contributed by atoms with van der Waals surface area (Å²) >= 11 is 3.43. The van der Waals surface area contributed by atoms with Crippen LogP contribution in [-0.2, 0) is 0 Å². The van der Waals surface area contributed by atoms with Crippen molar-refractivity contribution in [1.29, 1.82) is 0 Å². The zero-order valence-electron chi connectivity index (χ0n) is 12.2. The lowest BCUT2D eigenvalue weighted by Crippen LogP contribution is -2.12. The summed E-state index contributed by atoms with van der Waals surface area (Å²) in [5.74, 6) is 0.951. The number of nitrogens with zero attached hydrogens (tertiary/aromatic N) is 3. The molecule has 1 heterocycles. The highest BCUT2D eigenvalue weighted by Gasteiger charge is 2.10. The van der Waals surface area contributed by atoms with E-state index in [9.17, 15) is 0 Å². The Balaban J connectivity index is 2.17. The minimum atomic E-state index is 0.0692. The van der Waals surface area contributed by atoms with E-state index in [1.54, 1.807) is 7.05 Å². The highest BCUT2D eigenvalue weighted by molar-refractivity contribution is 9.10. The van der Waals surface area contributed by atoms with Gasteiger partial charge < -0.3 is 15.4 Å². The Morgan fingerprint density at radius 2 is 1.81 bits per heavy atom. The van der Waals surface area contributed by atoms with Gasteiger partial charge in [-0.3, -0.25) is 0 Å².